The van der Waals surface area contributed by atoms with E-state index >= 15 is 0 Å². The van der Waals surface area contributed by atoms with Crippen molar-refractivity contribution in [2.45, 2.75) is 44.7 Å². The number of carbonyl (C=O) groups is 2. The van der Waals surface area contributed by atoms with E-state index in [1.54, 1.807) is 20.8 Å². The fraction of sp³-hybridized carbons (Fsp3) is 0.500. The van der Waals surface area contributed by atoms with Crippen molar-refractivity contribution < 1.29 is 22.7 Å². The molecule has 0 heterocycles. The van der Waals surface area contributed by atoms with Gasteiger partial charge in [-0.25, -0.2) is 17.5 Å². The highest BCUT2D eigenvalue weighted by Crippen LogP contribution is 2.19. The number of hydrogen-bond donors (Lipinski definition) is 1. The molecule has 1 aromatic carbocycles. The summed E-state index contributed by atoms with van der Waals surface area (Å²) >= 11 is 0. The zero-order chi connectivity index (χ0) is 18.7. The number of carbonyl (C=O) groups excluding carboxylic acids is 2. The summed E-state index contributed by atoms with van der Waals surface area (Å²) in [5.41, 5.74) is 0.677. The lowest BCUT2D eigenvalue weighted by Crippen LogP contribution is -2.39. The number of nitrogens with zero attached hydrogens (tertiary/aromatic N) is 1. The van der Waals surface area contributed by atoms with Crippen LogP contribution in [-0.2, 0) is 19.6 Å². The van der Waals surface area contributed by atoms with Gasteiger partial charge in [-0.05, 0) is 45.4 Å². The number of rotatable bonds is 6. The minimum Gasteiger partial charge on any atom is -0.449 e. The van der Waals surface area contributed by atoms with Gasteiger partial charge in [-0.2, -0.15) is 0 Å². The summed E-state index contributed by atoms with van der Waals surface area (Å²) in [6.45, 7) is 6.73. The molecule has 1 amide bonds. The lowest BCUT2D eigenvalue weighted by atomic mass is 10.1. The van der Waals surface area contributed by atoms with E-state index in [0.717, 1.165) is 4.31 Å². The first-order valence-electron chi connectivity index (χ1n) is 7.51. The van der Waals surface area contributed by atoms with E-state index in [-0.39, 0.29) is 16.5 Å². The molecule has 0 radical (unpaired) electrons. The smallest absolute Gasteiger partial charge is 0.339 e. The summed E-state index contributed by atoms with van der Waals surface area (Å²) in [4.78, 5) is 24.1. The second-order valence-corrected chi connectivity index (χ2v) is 8.13. The third-order valence-corrected chi connectivity index (χ3v) is 5.10. The van der Waals surface area contributed by atoms with Gasteiger partial charge in [0, 0.05) is 20.1 Å². The van der Waals surface area contributed by atoms with Crippen molar-refractivity contribution in [2.75, 3.05) is 14.1 Å². The Kier molecular flexibility index (Phi) is 6.50. The first-order valence-corrected chi connectivity index (χ1v) is 8.95. The molecule has 0 unspecified atom stereocenters. The fourth-order valence-corrected chi connectivity index (χ4v) is 2.80. The molecule has 1 atom stereocenters. The lowest BCUT2D eigenvalue weighted by Gasteiger charge is -2.17. The summed E-state index contributed by atoms with van der Waals surface area (Å²) in [5.74, 6) is -1.15. The van der Waals surface area contributed by atoms with Crippen molar-refractivity contribution in [1.82, 2.24) is 9.62 Å². The minimum atomic E-state index is -3.66. The third kappa shape index (κ3) is 4.78. The SMILES string of the molecule is Cc1ccc(S(=O)(=O)N(C)C)cc1C(=O)O[C@@H](C)C(=O)NC(C)C. The van der Waals surface area contributed by atoms with Crippen LogP contribution in [-0.4, -0.2) is 50.8 Å². The number of hydrogen-bond acceptors (Lipinski definition) is 5. The maximum absolute atomic E-state index is 12.3. The molecule has 0 aliphatic carbocycles. The molecule has 0 saturated heterocycles. The highest BCUT2D eigenvalue weighted by atomic mass is 32.2. The fourth-order valence-electron chi connectivity index (χ4n) is 1.87. The molecule has 1 aromatic rings. The van der Waals surface area contributed by atoms with Crippen LogP contribution in [0.15, 0.2) is 23.1 Å². The molecule has 0 aliphatic rings. The Labute approximate surface area is 143 Å². The molecule has 0 fully saturated rings. The van der Waals surface area contributed by atoms with Gasteiger partial charge < -0.3 is 10.1 Å². The highest BCUT2D eigenvalue weighted by Gasteiger charge is 2.23. The van der Waals surface area contributed by atoms with Crippen LogP contribution in [0.25, 0.3) is 0 Å². The second-order valence-electron chi connectivity index (χ2n) is 5.97. The molecule has 0 spiro atoms. The average Bonchev–Trinajstić information content (AvgIpc) is 2.46. The quantitative estimate of drug-likeness (QED) is 0.776. The number of benzene rings is 1. The Morgan fingerprint density at radius 2 is 1.75 bits per heavy atom. The van der Waals surface area contributed by atoms with Gasteiger partial charge in [-0.15, -0.1) is 0 Å². The molecule has 0 aliphatic heterocycles. The van der Waals surface area contributed by atoms with Gasteiger partial charge in [-0.3, -0.25) is 4.79 Å². The van der Waals surface area contributed by atoms with Crippen LogP contribution in [0.1, 0.15) is 36.7 Å². The molecular weight excluding hydrogens is 332 g/mol. The number of amides is 1. The monoisotopic (exact) mass is 356 g/mol. The summed E-state index contributed by atoms with van der Waals surface area (Å²) < 4.78 is 30.6. The number of esters is 1. The Morgan fingerprint density at radius 3 is 2.25 bits per heavy atom. The molecule has 8 heteroatoms. The van der Waals surface area contributed by atoms with Crippen LogP contribution < -0.4 is 5.32 Å². The van der Waals surface area contributed by atoms with Gasteiger partial charge >= 0.3 is 5.97 Å². The lowest BCUT2D eigenvalue weighted by molar-refractivity contribution is -0.129. The number of aryl methyl sites for hydroxylation is 1. The van der Waals surface area contributed by atoms with Crippen LogP contribution in [0.2, 0.25) is 0 Å². The summed E-state index contributed by atoms with van der Waals surface area (Å²) in [6, 6.07) is 4.15. The third-order valence-electron chi connectivity index (χ3n) is 3.29. The van der Waals surface area contributed by atoms with Crippen molar-refractivity contribution in [3.63, 3.8) is 0 Å². The highest BCUT2D eigenvalue weighted by molar-refractivity contribution is 7.89. The van der Waals surface area contributed by atoms with Gasteiger partial charge in [0.25, 0.3) is 5.91 Å². The van der Waals surface area contributed by atoms with Crippen LogP contribution in [0.3, 0.4) is 0 Å². The van der Waals surface area contributed by atoms with Gasteiger partial charge in [-0.1, -0.05) is 6.07 Å². The van der Waals surface area contributed by atoms with Crippen LogP contribution in [0.5, 0.6) is 0 Å². The Bertz CT molecular complexity index is 726. The first kappa shape index (κ1) is 20.1. The summed E-state index contributed by atoms with van der Waals surface area (Å²) in [5, 5.41) is 2.65. The topological polar surface area (TPSA) is 92.8 Å². The molecule has 134 valence electrons. The predicted octanol–water partition coefficient (Wildman–Crippen LogP) is 1.32. The van der Waals surface area contributed by atoms with Crippen LogP contribution in [0, 0.1) is 6.92 Å². The molecular formula is C16H24N2O5S. The standard InChI is InChI=1S/C16H24N2O5S/c1-10(2)17-15(19)12(4)23-16(20)14-9-13(8-7-11(14)3)24(21,22)18(5)6/h7-10,12H,1-6H3,(H,17,19)/t12-/m0/s1. The van der Waals surface area contributed by atoms with E-state index in [1.165, 1.54) is 39.2 Å². The van der Waals surface area contributed by atoms with Crippen molar-refractivity contribution in [1.29, 1.82) is 0 Å². The average molecular weight is 356 g/mol. The van der Waals surface area contributed by atoms with Gasteiger partial charge in [0.2, 0.25) is 10.0 Å². The van der Waals surface area contributed by atoms with Crippen LogP contribution >= 0.6 is 0 Å². The largest absolute Gasteiger partial charge is 0.449 e. The van der Waals surface area contributed by atoms with Gasteiger partial charge in [0.05, 0.1) is 10.5 Å². The molecule has 1 rings (SSSR count). The summed E-state index contributed by atoms with van der Waals surface area (Å²) in [6.07, 6.45) is -0.978. The van der Waals surface area contributed by atoms with Crippen molar-refractivity contribution >= 4 is 21.9 Å². The molecule has 1 N–H and O–H groups in total. The first-order chi connectivity index (χ1) is 11.0. The Hall–Kier alpha value is -1.93. The predicted molar refractivity (Wildman–Crippen MR) is 90.2 cm³/mol. The molecule has 0 aromatic heterocycles. The van der Waals surface area contributed by atoms with Crippen LogP contribution in [0.4, 0.5) is 0 Å². The van der Waals surface area contributed by atoms with Gasteiger partial charge in [0.15, 0.2) is 6.10 Å². The second kappa shape index (κ2) is 7.76. The van der Waals surface area contributed by atoms with E-state index in [1.807, 2.05) is 0 Å². The zero-order valence-corrected chi connectivity index (χ0v) is 15.6. The van der Waals surface area contributed by atoms with E-state index in [2.05, 4.69) is 5.32 Å². The molecule has 7 nitrogen and oxygen atoms in total. The Morgan fingerprint density at radius 1 is 1.17 bits per heavy atom. The Balaban J connectivity index is 3.05. The molecule has 0 saturated carbocycles. The maximum atomic E-state index is 12.3. The van der Waals surface area contributed by atoms with Gasteiger partial charge in [0.1, 0.15) is 0 Å². The van der Waals surface area contributed by atoms with E-state index in [9.17, 15) is 18.0 Å². The minimum absolute atomic E-state index is 0.00987. The molecule has 0 bridgehead atoms. The normalized spacial score (nSPS) is 13.0. The number of ether oxygens (including phenoxy) is 1. The molecule has 24 heavy (non-hydrogen) atoms. The number of nitrogens with one attached hydrogen (secondary N) is 1. The van der Waals surface area contributed by atoms with Crippen molar-refractivity contribution in [3.8, 4) is 0 Å². The van der Waals surface area contributed by atoms with Crippen molar-refractivity contribution in [3.05, 3.63) is 29.3 Å². The van der Waals surface area contributed by atoms with E-state index < -0.39 is 28.0 Å². The zero-order valence-electron chi connectivity index (χ0n) is 14.8. The number of sulfonamides is 1. The maximum Gasteiger partial charge on any atom is 0.339 e. The van der Waals surface area contributed by atoms with E-state index in [4.69, 9.17) is 4.74 Å². The van der Waals surface area contributed by atoms with Crippen molar-refractivity contribution in [2.24, 2.45) is 0 Å². The summed E-state index contributed by atoms with van der Waals surface area (Å²) in [7, 11) is -0.848. The van der Waals surface area contributed by atoms with E-state index in [0.29, 0.717) is 5.56 Å².